The van der Waals surface area contributed by atoms with Crippen molar-refractivity contribution in [3.05, 3.63) is 36.1 Å². The monoisotopic (exact) mass is 227 g/mol. The van der Waals surface area contributed by atoms with Gasteiger partial charge in [-0.25, -0.2) is 8.42 Å². The van der Waals surface area contributed by atoms with Crippen LogP contribution in [-0.4, -0.2) is 18.8 Å². The fourth-order valence-electron chi connectivity index (χ4n) is 1.44. The van der Waals surface area contributed by atoms with E-state index >= 15 is 0 Å². The van der Waals surface area contributed by atoms with E-state index in [1.54, 1.807) is 18.4 Å². The van der Waals surface area contributed by atoms with Crippen LogP contribution in [0.2, 0.25) is 0 Å². The smallest absolute Gasteiger partial charge is 0.236 e. The van der Waals surface area contributed by atoms with E-state index in [4.69, 9.17) is 4.42 Å². The Labute approximate surface area is 89.2 Å². The van der Waals surface area contributed by atoms with E-state index in [1.807, 2.05) is 0 Å². The zero-order valence-corrected chi connectivity index (χ0v) is 9.11. The van der Waals surface area contributed by atoms with E-state index in [1.165, 1.54) is 4.31 Å². The van der Waals surface area contributed by atoms with E-state index in [-0.39, 0.29) is 6.04 Å². The van der Waals surface area contributed by atoms with Crippen LogP contribution in [0.1, 0.15) is 18.6 Å². The van der Waals surface area contributed by atoms with Gasteiger partial charge < -0.3 is 4.42 Å². The Hall–Kier alpha value is -1.07. The predicted molar refractivity (Wildman–Crippen MR) is 56.4 cm³/mol. The van der Waals surface area contributed by atoms with E-state index in [0.29, 0.717) is 12.3 Å². The molecule has 1 aromatic rings. The summed E-state index contributed by atoms with van der Waals surface area (Å²) < 4.78 is 29.9. The van der Waals surface area contributed by atoms with Gasteiger partial charge in [0, 0.05) is 11.4 Å². The van der Waals surface area contributed by atoms with Crippen LogP contribution in [0, 0.1) is 0 Å². The highest BCUT2D eigenvalue weighted by atomic mass is 32.2. The van der Waals surface area contributed by atoms with Crippen molar-refractivity contribution in [1.29, 1.82) is 0 Å². The van der Waals surface area contributed by atoms with Crippen LogP contribution in [-0.2, 0) is 16.6 Å². The molecule has 0 radical (unpaired) electrons. The Bertz CT molecular complexity index is 431. The lowest BCUT2D eigenvalue weighted by Gasteiger charge is -2.17. The highest BCUT2D eigenvalue weighted by molar-refractivity contribution is 7.92. The molecule has 0 bridgehead atoms. The molecule has 1 aromatic heterocycles. The van der Waals surface area contributed by atoms with Crippen LogP contribution in [0.4, 0.5) is 0 Å². The quantitative estimate of drug-likeness (QED) is 0.769. The summed E-state index contributed by atoms with van der Waals surface area (Å²) in [7, 11) is -3.34. The first-order chi connectivity index (χ1) is 7.13. The van der Waals surface area contributed by atoms with Gasteiger partial charge in [-0.2, -0.15) is 4.31 Å². The third-order valence-corrected chi connectivity index (χ3v) is 3.89. The lowest BCUT2D eigenvalue weighted by molar-refractivity contribution is 0.361. The maximum atomic E-state index is 11.7. The first-order valence-corrected chi connectivity index (χ1v) is 6.30. The molecule has 5 heteroatoms. The number of rotatable bonds is 5. The Morgan fingerprint density at radius 2 is 2.33 bits per heavy atom. The zero-order valence-electron chi connectivity index (χ0n) is 8.30. The van der Waals surface area contributed by atoms with E-state index in [9.17, 15) is 8.42 Å². The molecule has 0 aromatic carbocycles. The van der Waals surface area contributed by atoms with Crippen molar-refractivity contribution in [2.75, 3.05) is 0 Å². The molecule has 1 aliphatic carbocycles. The SMILES string of the molecule is C=CS(=O)(=O)N(Cc1ccco1)C1CC1. The molecule has 0 spiro atoms. The van der Waals surface area contributed by atoms with Gasteiger partial charge >= 0.3 is 0 Å². The van der Waals surface area contributed by atoms with Crippen molar-refractivity contribution in [3.63, 3.8) is 0 Å². The van der Waals surface area contributed by atoms with Crippen molar-refractivity contribution in [2.24, 2.45) is 0 Å². The Kier molecular flexibility index (Phi) is 2.67. The minimum absolute atomic E-state index is 0.123. The first kappa shape index (κ1) is 10.4. The van der Waals surface area contributed by atoms with E-state index in [0.717, 1.165) is 18.2 Å². The Morgan fingerprint density at radius 1 is 1.60 bits per heavy atom. The van der Waals surface area contributed by atoms with Gasteiger partial charge in [0.15, 0.2) is 0 Å². The van der Waals surface area contributed by atoms with Gasteiger partial charge in [0.2, 0.25) is 10.0 Å². The minimum atomic E-state index is -3.34. The number of hydrogen-bond acceptors (Lipinski definition) is 3. The average molecular weight is 227 g/mol. The van der Waals surface area contributed by atoms with Gasteiger partial charge in [0.25, 0.3) is 0 Å². The van der Waals surface area contributed by atoms with Gasteiger partial charge in [0.05, 0.1) is 12.8 Å². The molecular formula is C10H13NO3S. The summed E-state index contributed by atoms with van der Waals surface area (Å²) in [4.78, 5) is 0. The summed E-state index contributed by atoms with van der Waals surface area (Å²) in [6.07, 6.45) is 3.39. The van der Waals surface area contributed by atoms with Gasteiger partial charge in [-0.05, 0) is 25.0 Å². The molecule has 0 saturated heterocycles. The van der Waals surface area contributed by atoms with Gasteiger partial charge in [-0.3, -0.25) is 0 Å². The van der Waals surface area contributed by atoms with Gasteiger partial charge in [-0.15, -0.1) is 0 Å². The second-order valence-electron chi connectivity index (χ2n) is 3.57. The lowest BCUT2D eigenvalue weighted by atomic mass is 10.4. The zero-order chi connectivity index (χ0) is 10.9. The van der Waals surface area contributed by atoms with Crippen LogP contribution in [0.15, 0.2) is 34.8 Å². The molecule has 0 amide bonds. The molecule has 4 nitrogen and oxygen atoms in total. The van der Waals surface area contributed by atoms with Crippen molar-refractivity contribution in [1.82, 2.24) is 4.31 Å². The molecule has 15 heavy (non-hydrogen) atoms. The highest BCUT2D eigenvalue weighted by Gasteiger charge is 2.36. The molecule has 0 atom stereocenters. The predicted octanol–water partition coefficient (Wildman–Crippen LogP) is 1.72. The first-order valence-electron chi connectivity index (χ1n) is 4.80. The average Bonchev–Trinajstić information content (AvgIpc) is 2.92. The maximum absolute atomic E-state index is 11.7. The molecule has 1 aliphatic rings. The van der Waals surface area contributed by atoms with E-state index < -0.39 is 10.0 Å². The number of furan rings is 1. The van der Waals surface area contributed by atoms with Crippen molar-refractivity contribution in [2.45, 2.75) is 25.4 Å². The van der Waals surface area contributed by atoms with Gasteiger partial charge in [0.1, 0.15) is 5.76 Å². The van der Waals surface area contributed by atoms with E-state index in [2.05, 4.69) is 6.58 Å². The lowest BCUT2D eigenvalue weighted by Crippen LogP contribution is -2.30. The highest BCUT2D eigenvalue weighted by Crippen LogP contribution is 2.31. The molecule has 0 unspecified atom stereocenters. The third-order valence-electron chi connectivity index (χ3n) is 2.38. The minimum Gasteiger partial charge on any atom is -0.468 e. The van der Waals surface area contributed by atoms with Crippen LogP contribution >= 0.6 is 0 Å². The molecule has 1 saturated carbocycles. The van der Waals surface area contributed by atoms with Crippen molar-refractivity contribution in [3.8, 4) is 0 Å². The van der Waals surface area contributed by atoms with Crippen molar-refractivity contribution < 1.29 is 12.8 Å². The van der Waals surface area contributed by atoms with Crippen LogP contribution in [0.3, 0.4) is 0 Å². The fraction of sp³-hybridized carbons (Fsp3) is 0.400. The second-order valence-corrected chi connectivity index (χ2v) is 5.40. The van der Waals surface area contributed by atoms with Crippen LogP contribution in [0.5, 0.6) is 0 Å². The second kappa shape index (κ2) is 3.83. The standard InChI is InChI=1S/C10H13NO3S/c1-2-15(12,13)11(9-5-6-9)8-10-4-3-7-14-10/h2-4,7,9H,1,5-6,8H2. The molecule has 1 heterocycles. The number of hydrogen-bond donors (Lipinski definition) is 0. The Balaban J connectivity index is 2.17. The summed E-state index contributed by atoms with van der Waals surface area (Å²) in [6, 6.07) is 3.65. The Morgan fingerprint density at radius 3 is 2.80 bits per heavy atom. The summed E-state index contributed by atoms with van der Waals surface area (Å²) >= 11 is 0. The summed E-state index contributed by atoms with van der Waals surface area (Å²) in [5.74, 6) is 0.660. The summed E-state index contributed by atoms with van der Waals surface area (Å²) in [5.41, 5.74) is 0. The summed E-state index contributed by atoms with van der Waals surface area (Å²) in [5, 5.41) is 0.994. The normalized spacial score (nSPS) is 16.9. The number of sulfonamides is 1. The van der Waals surface area contributed by atoms with Crippen LogP contribution < -0.4 is 0 Å². The number of nitrogens with zero attached hydrogens (tertiary/aromatic N) is 1. The van der Waals surface area contributed by atoms with Gasteiger partial charge in [-0.1, -0.05) is 6.58 Å². The molecule has 82 valence electrons. The fourth-order valence-corrected chi connectivity index (χ4v) is 2.57. The summed E-state index contributed by atoms with van der Waals surface area (Å²) in [6.45, 7) is 3.63. The molecule has 2 rings (SSSR count). The maximum Gasteiger partial charge on any atom is 0.236 e. The molecule has 0 N–H and O–H groups in total. The third kappa shape index (κ3) is 2.30. The molecule has 0 aliphatic heterocycles. The molecular weight excluding hydrogens is 214 g/mol. The topological polar surface area (TPSA) is 50.5 Å². The van der Waals surface area contributed by atoms with Crippen molar-refractivity contribution >= 4 is 10.0 Å². The molecule has 1 fully saturated rings. The largest absolute Gasteiger partial charge is 0.468 e. The van der Waals surface area contributed by atoms with Crippen LogP contribution in [0.25, 0.3) is 0 Å².